The van der Waals surface area contributed by atoms with Crippen LogP contribution in [-0.4, -0.2) is 48.6 Å². The quantitative estimate of drug-likeness (QED) is 0.878. The average Bonchev–Trinajstić information content (AvgIpc) is 2.49. The first-order chi connectivity index (χ1) is 9.98. The molecule has 1 heterocycles. The molecule has 0 saturated carbocycles. The van der Waals surface area contributed by atoms with Crippen molar-refractivity contribution in [1.82, 2.24) is 9.62 Å². The Morgan fingerprint density at radius 1 is 1.33 bits per heavy atom. The minimum absolute atomic E-state index is 0.147. The van der Waals surface area contributed by atoms with Crippen molar-refractivity contribution in [2.75, 3.05) is 31.6 Å². The van der Waals surface area contributed by atoms with Gasteiger partial charge in [0.1, 0.15) is 0 Å². The predicted molar refractivity (Wildman–Crippen MR) is 85.2 cm³/mol. The van der Waals surface area contributed by atoms with E-state index in [4.69, 9.17) is 0 Å². The SMILES string of the molecule is CCC(NC)c1cccc(S(=O)(=O)N2CCS(=O)CC2)c1. The Balaban J connectivity index is 2.28. The molecule has 0 aliphatic carbocycles. The van der Waals surface area contributed by atoms with Crippen LogP contribution in [0.4, 0.5) is 0 Å². The van der Waals surface area contributed by atoms with Gasteiger partial charge in [-0.1, -0.05) is 19.1 Å². The summed E-state index contributed by atoms with van der Waals surface area (Å²) in [5.41, 5.74) is 0.974. The molecule has 1 unspecified atom stereocenters. The zero-order valence-electron chi connectivity index (χ0n) is 12.4. The van der Waals surface area contributed by atoms with E-state index in [0.717, 1.165) is 12.0 Å². The van der Waals surface area contributed by atoms with Crippen LogP contribution in [0.1, 0.15) is 24.9 Å². The lowest BCUT2D eigenvalue weighted by molar-refractivity contribution is 0.438. The summed E-state index contributed by atoms with van der Waals surface area (Å²) in [6.45, 7) is 2.73. The predicted octanol–water partition coefficient (Wildman–Crippen LogP) is 1.11. The summed E-state index contributed by atoms with van der Waals surface area (Å²) in [7, 11) is -2.50. The highest BCUT2D eigenvalue weighted by Crippen LogP contribution is 2.23. The highest BCUT2D eigenvalue weighted by molar-refractivity contribution is 7.89. The molecule has 1 N–H and O–H groups in total. The summed E-state index contributed by atoms with van der Waals surface area (Å²) < 4.78 is 38.1. The summed E-state index contributed by atoms with van der Waals surface area (Å²) in [6, 6.07) is 7.24. The smallest absolute Gasteiger partial charge is 0.243 e. The largest absolute Gasteiger partial charge is 0.313 e. The summed E-state index contributed by atoms with van der Waals surface area (Å²) >= 11 is 0. The van der Waals surface area contributed by atoms with E-state index in [1.54, 1.807) is 18.2 Å². The topological polar surface area (TPSA) is 66.5 Å². The molecule has 0 bridgehead atoms. The molecule has 1 aliphatic rings. The van der Waals surface area contributed by atoms with Gasteiger partial charge in [-0.15, -0.1) is 0 Å². The van der Waals surface area contributed by atoms with Gasteiger partial charge >= 0.3 is 0 Å². The van der Waals surface area contributed by atoms with E-state index in [0.29, 0.717) is 29.5 Å². The molecule has 7 heteroatoms. The fraction of sp³-hybridized carbons (Fsp3) is 0.571. The minimum atomic E-state index is -3.49. The average molecular weight is 330 g/mol. The molecule has 21 heavy (non-hydrogen) atoms. The van der Waals surface area contributed by atoms with Crippen LogP contribution in [0.25, 0.3) is 0 Å². The van der Waals surface area contributed by atoms with E-state index < -0.39 is 20.8 Å². The van der Waals surface area contributed by atoms with Crippen LogP contribution in [-0.2, 0) is 20.8 Å². The fourth-order valence-electron chi connectivity index (χ4n) is 2.51. The second-order valence-corrected chi connectivity index (χ2v) is 8.71. The van der Waals surface area contributed by atoms with Gasteiger partial charge in [-0.05, 0) is 31.2 Å². The molecule has 118 valence electrons. The Labute approximate surface area is 129 Å². The van der Waals surface area contributed by atoms with Crippen molar-refractivity contribution < 1.29 is 12.6 Å². The van der Waals surface area contributed by atoms with Crippen molar-refractivity contribution >= 4 is 20.8 Å². The molecular formula is C14H22N2O3S2. The van der Waals surface area contributed by atoms with Crippen LogP contribution in [0.2, 0.25) is 0 Å². The second-order valence-electron chi connectivity index (χ2n) is 5.07. The molecule has 0 spiro atoms. The van der Waals surface area contributed by atoms with Crippen molar-refractivity contribution in [3.8, 4) is 0 Å². The van der Waals surface area contributed by atoms with Crippen molar-refractivity contribution in [2.45, 2.75) is 24.3 Å². The molecule has 2 rings (SSSR count). The summed E-state index contributed by atoms with van der Waals surface area (Å²) in [4.78, 5) is 0.321. The van der Waals surface area contributed by atoms with Crippen LogP contribution >= 0.6 is 0 Å². The summed E-state index contributed by atoms with van der Waals surface area (Å²) in [5.74, 6) is 0.847. The lowest BCUT2D eigenvalue weighted by Gasteiger charge is -2.26. The van der Waals surface area contributed by atoms with Crippen LogP contribution < -0.4 is 5.32 Å². The Morgan fingerprint density at radius 2 is 2.00 bits per heavy atom. The van der Waals surface area contributed by atoms with Gasteiger partial charge in [0.05, 0.1) is 4.90 Å². The lowest BCUT2D eigenvalue weighted by atomic mass is 10.1. The van der Waals surface area contributed by atoms with Crippen LogP contribution in [0.3, 0.4) is 0 Å². The zero-order chi connectivity index (χ0) is 15.5. The Bertz CT molecular complexity index is 602. The normalized spacial score (nSPS) is 19.5. The molecule has 0 aromatic heterocycles. The molecule has 0 amide bonds. The van der Waals surface area contributed by atoms with Crippen molar-refractivity contribution in [1.29, 1.82) is 0 Å². The third-order valence-corrected chi connectivity index (χ3v) is 6.96. The van der Waals surface area contributed by atoms with Gasteiger partial charge in [0, 0.05) is 41.4 Å². The molecule has 1 fully saturated rings. The van der Waals surface area contributed by atoms with Gasteiger partial charge in [0.25, 0.3) is 0 Å². The number of hydrogen-bond acceptors (Lipinski definition) is 4. The molecule has 0 radical (unpaired) electrons. The lowest BCUT2D eigenvalue weighted by Crippen LogP contribution is -2.41. The molecule has 5 nitrogen and oxygen atoms in total. The number of benzene rings is 1. The maximum absolute atomic E-state index is 12.7. The number of rotatable bonds is 5. The Hall–Kier alpha value is -0.760. The van der Waals surface area contributed by atoms with E-state index in [1.165, 1.54) is 4.31 Å². The second kappa shape index (κ2) is 7.00. The minimum Gasteiger partial charge on any atom is -0.313 e. The number of nitrogens with one attached hydrogen (secondary N) is 1. The summed E-state index contributed by atoms with van der Waals surface area (Å²) in [6.07, 6.45) is 0.892. The van der Waals surface area contributed by atoms with E-state index in [9.17, 15) is 12.6 Å². The third-order valence-electron chi connectivity index (χ3n) is 3.79. The standard InChI is InChI=1S/C14H22N2O3S2/c1-3-14(15-2)12-5-4-6-13(11-12)21(18,19)16-7-9-20(17)10-8-16/h4-6,11,14-15H,3,7-10H2,1-2H3. The molecule has 1 saturated heterocycles. The van der Waals surface area contributed by atoms with E-state index in [1.807, 2.05) is 13.1 Å². The monoisotopic (exact) mass is 330 g/mol. The number of nitrogens with zero attached hydrogens (tertiary/aromatic N) is 1. The Morgan fingerprint density at radius 3 is 2.57 bits per heavy atom. The molecular weight excluding hydrogens is 308 g/mol. The highest BCUT2D eigenvalue weighted by Gasteiger charge is 2.28. The van der Waals surface area contributed by atoms with Crippen molar-refractivity contribution in [3.05, 3.63) is 29.8 Å². The van der Waals surface area contributed by atoms with E-state index >= 15 is 0 Å². The molecule has 1 atom stereocenters. The van der Waals surface area contributed by atoms with Crippen LogP contribution in [0.5, 0.6) is 0 Å². The van der Waals surface area contributed by atoms with Gasteiger partial charge in [0.2, 0.25) is 10.0 Å². The maximum Gasteiger partial charge on any atom is 0.243 e. The van der Waals surface area contributed by atoms with Gasteiger partial charge < -0.3 is 5.32 Å². The maximum atomic E-state index is 12.7. The molecule has 1 aliphatic heterocycles. The first-order valence-corrected chi connectivity index (χ1v) is 10.0. The first-order valence-electron chi connectivity index (χ1n) is 7.11. The van der Waals surface area contributed by atoms with Crippen LogP contribution in [0.15, 0.2) is 29.2 Å². The highest BCUT2D eigenvalue weighted by atomic mass is 32.2. The zero-order valence-corrected chi connectivity index (χ0v) is 14.0. The number of sulfonamides is 1. The summed E-state index contributed by atoms with van der Waals surface area (Å²) in [5, 5.41) is 3.18. The molecule has 1 aromatic rings. The third kappa shape index (κ3) is 3.71. The van der Waals surface area contributed by atoms with Gasteiger partial charge in [-0.2, -0.15) is 4.31 Å². The van der Waals surface area contributed by atoms with Gasteiger partial charge in [-0.3, -0.25) is 4.21 Å². The van der Waals surface area contributed by atoms with E-state index in [-0.39, 0.29) is 6.04 Å². The van der Waals surface area contributed by atoms with Crippen molar-refractivity contribution in [3.63, 3.8) is 0 Å². The number of hydrogen-bond donors (Lipinski definition) is 1. The van der Waals surface area contributed by atoms with Crippen LogP contribution in [0, 0.1) is 0 Å². The van der Waals surface area contributed by atoms with Gasteiger partial charge in [-0.25, -0.2) is 8.42 Å². The molecule has 1 aromatic carbocycles. The van der Waals surface area contributed by atoms with E-state index in [2.05, 4.69) is 12.2 Å². The Kier molecular flexibility index (Phi) is 5.54. The first kappa shape index (κ1) is 16.6. The van der Waals surface area contributed by atoms with Crippen molar-refractivity contribution in [2.24, 2.45) is 0 Å². The van der Waals surface area contributed by atoms with Gasteiger partial charge in [0.15, 0.2) is 0 Å². The fourth-order valence-corrected chi connectivity index (χ4v) is 5.29.